The molecule has 4 rings (SSSR count). The van der Waals surface area contributed by atoms with Crippen molar-refractivity contribution in [2.45, 2.75) is 25.4 Å². The van der Waals surface area contributed by atoms with Gasteiger partial charge in [0.05, 0.1) is 12.0 Å². The van der Waals surface area contributed by atoms with Gasteiger partial charge >= 0.3 is 0 Å². The van der Waals surface area contributed by atoms with Crippen LogP contribution in [0.5, 0.6) is 0 Å². The molecule has 2 aromatic heterocycles. The number of aryl methyl sites for hydroxylation is 1. The second kappa shape index (κ2) is 3.96. The number of rotatable bonds is 1. The molecule has 0 aliphatic carbocycles. The summed E-state index contributed by atoms with van der Waals surface area (Å²) in [6.07, 6.45) is 5.94. The van der Waals surface area contributed by atoms with Crippen molar-refractivity contribution in [1.29, 1.82) is 0 Å². The van der Waals surface area contributed by atoms with Crippen molar-refractivity contribution in [3.63, 3.8) is 0 Å². The minimum Gasteiger partial charge on any atom is -0.360 e. The molecule has 4 nitrogen and oxygen atoms in total. The first-order valence-electron chi connectivity index (χ1n) is 6.69. The number of nitrogens with one attached hydrogen (secondary N) is 1. The number of imidazole rings is 1. The third-order valence-corrected chi connectivity index (χ3v) is 3.99. The Labute approximate surface area is 111 Å². The molecule has 3 N–H and O–H groups in total. The van der Waals surface area contributed by atoms with Gasteiger partial charge < -0.3 is 15.3 Å². The average molecular weight is 252 g/mol. The van der Waals surface area contributed by atoms with E-state index >= 15 is 0 Å². The Balaban J connectivity index is 1.91. The Morgan fingerprint density at radius 2 is 2.21 bits per heavy atom. The van der Waals surface area contributed by atoms with Crippen LogP contribution in [0.1, 0.15) is 12.1 Å². The maximum absolute atomic E-state index is 6.09. The smallest absolute Gasteiger partial charge is 0.0956 e. The minimum atomic E-state index is 0.258. The lowest BCUT2D eigenvalue weighted by atomic mass is 10.0. The van der Waals surface area contributed by atoms with Crippen molar-refractivity contribution in [3.8, 4) is 11.3 Å². The van der Waals surface area contributed by atoms with E-state index in [0.717, 1.165) is 30.6 Å². The molecular weight excluding hydrogens is 236 g/mol. The molecule has 0 amide bonds. The fraction of sp³-hybridized carbons (Fsp3) is 0.267. The number of hydrogen-bond donors (Lipinski definition) is 2. The molecule has 1 unspecified atom stereocenters. The Morgan fingerprint density at radius 1 is 1.32 bits per heavy atom. The van der Waals surface area contributed by atoms with Crippen LogP contribution >= 0.6 is 0 Å². The average Bonchev–Trinajstić information content (AvgIpc) is 3.01. The van der Waals surface area contributed by atoms with Crippen molar-refractivity contribution < 1.29 is 0 Å². The summed E-state index contributed by atoms with van der Waals surface area (Å²) >= 11 is 0. The highest BCUT2D eigenvalue weighted by Gasteiger charge is 2.21. The first kappa shape index (κ1) is 10.8. The fourth-order valence-corrected chi connectivity index (χ4v) is 2.96. The van der Waals surface area contributed by atoms with Crippen LogP contribution in [0.3, 0.4) is 0 Å². The zero-order valence-corrected chi connectivity index (χ0v) is 10.6. The normalized spacial score (nSPS) is 18.7. The first-order chi connectivity index (χ1) is 9.33. The van der Waals surface area contributed by atoms with E-state index in [2.05, 4.69) is 32.7 Å². The third kappa shape index (κ3) is 1.60. The van der Waals surface area contributed by atoms with E-state index < -0.39 is 0 Å². The Hall–Kier alpha value is -2.07. The molecule has 1 aromatic carbocycles. The van der Waals surface area contributed by atoms with E-state index in [1.165, 1.54) is 16.6 Å². The number of para-hydroxylation sites is 1. The van der Waals surface area contributed by atoms with Crippen molar-refractivity contribution in [2.75, 3.05) is 0 Å². The van der Waals surface area contributed by atoms with Crippen molar-refractivity contribution >= 4 is 10.9 Å². The summed E-state index contributed by atoms with van der Waals surface area (Å²) in [4.78, 5) is 7.93. The van der Waals surface area contributed by atoms with Crippen LogP contribution in [0.25, 0.3) is 22.2 Å². The molecule has 0 fully saturated rings. The number of H-pyrrole nitrogens is 1. The van der Waals surface area contributed by atoms with E-state index in [-0.39, 0.29) is 6.04 Å². The predicted molar refractivity (Wildman–Crippen MR) is 75.8 cm³/mol. The van der Waals surface area contributed by atoms with E-state index in [1.807, 2.05) is 18.6 Å². The molecule has 1 atom stereocenters. The van der Waals surface area contributed by atoms with E-state index in [4.69, 9.17) is 5.73 Å². The number of aromatic amines is 1. The molecule has 3 aromatic rings. The summed E-state index contributed by atoms with van der Waals surface area (Å²) in [7, 11) is 0. The van der Waals surface area contributed by atoms with Gasteiger partial charge in [0, 0.05) is 47.4 Å². The minimum absolute atomic E-state index is 0.258. The van der Waals surface area contributed by atoms with Gasteiger partial charge in [-0.2, -0.15) is 0 Å². The second-order valence-corrected chi connectivity index (χ2v) is 5.23. The summed E-state index contributed by atoms with van der Waals surface area (Å²) < 4.78 is 2.24. The van der Waals surface area contributed by atoms with Gasteiger partial charge in [-0.25, -0.2) is 4.98 Å². The Bertz CT molecular complexity index is 738. The van der Waals surface area contributed by atoms with Crippen LogP contribution in [0.4, 0.5) is 0 Å². The summed E-state index contributed by atoms with van der Waals surface area (Å²) in [5.74, 6) is 0. The third-order valence-electron chi connectivity index (χ3n) is 3.99. The summed E-state index contributed by atoms with van der Waals surface area (Å²) in [6, 6.07) is 8.59. The van der Waals surface area contributed by atoms with Crippen LogP contribution < -0.4 is 5.73 Å². The SMILES string of the molecule is NC1CCn2cnc(-c3c[nH]c4ccccc34)c2C1. The van der Waals surface area contributed by atoms with Gasteiger partial charge in [-0.15, -0.1) is 0 Å². The Morgan fingerprint density at radius 3 is 3.16 bits per heavy atom. The molecule has 0 saturated heterocycles. The molecule has 3 heterocycles. The van der Waals surface area contributed by atoms with Gasteiger partial charge in [0.1, 0.15) is 0 Å². The fourth-order valence-electron chi connectivity index (χ4n) is 2.96. The maximum atomic E-state index is 6.09. The largest absolute Gasteiger partial charge is 0.360 e. The van der Waals surface area contributed by atoms with E-state index in [0.29, 0.717) is 0 Å². The maximum Gasteiger partial charge on any atom is 0.0956 e. The number of fused-ring (bicyclic) bond motifs is 2. The highest BCUT2D eigenvalue weighted by molar-refractivity contribution is 5.95. The number of nitrogens with zero attached hydrogens (tertiary/aromatic N) is 2. The van der Waals surface area contributed by atoms with Crippen molar-refractivity contribution in [3.05, 3.63) is 42.5 Å². The molecule has 0 radical (unpaired) electrons. The number of hydrogen-bond acceptors (Lipinski definition) is 2. The molecule has 4 heteroatoms. The summed E-state index contributed by atoms with van der Waals surface area (Å²) in [5.41, 5.74) is 10.8. The zero-order valence-electron chi connectivity index (χ0n) is 10.6. The van der Waals surface area contributed by atoms with E-state index in [1.54, 1.807) is 0 Å². The van der Waals surface area contributed by atoms with Crippen LogP contribution in [-0.2, 0) is 13.0 Å². The van der Waals surface area contributed by atoms with Gasteiger partial charge in [-0.05, 0) is 12.5 Å². The highest BCUT2D eigenvalue weighted by Crippen LogP contribution is 2.31. The summed E-state index contributed by atoms with van der Waals surface area (Å²) in [6.45, 7) is 0.978. The van der Waals surface area contributed by atoms with Gasteiger partial charge in [0.15, 0.2) is 0 Å². The second-order valence-electron chi connectivity index (χ2n) is 5.23. The van der Waals surface area contributed by atoms with Crippen molar-refractivity contribution in [2.24, 2.45) is 5.73 Å². The zero-order chi connectivity index (χ0) is 12.8. The lowest BCUT2D eigenvalue weighted by Crippen LogP contribution is -2.30. The molecule has 0 bridgehead atoms. The highest BCUT2D eigenvalue weighted by atomic mass is 15.1. The van der Waals surface area contributed by atoms with Crippen molar-refractivity contribution in [1.82, 2.24) is 14.5 Å². The molecule has 19 heavy (non-hydrogen) atoms. The summed E-state index contributed by atoms with van der Waals surface area (Å²) in [5, 5.41) is 1.23. The predicted octanol–water partition coefficient (Wildman–Crippen LogP) is 2.30. The van der Waals surface area contributed by atoms with Gasteiger partial charge in [-0.1, -0.05) is 18.2 Å². The molecule has 96 valence electrons. The molecular formula is C15H16N4. The molecule has 0 saturated carbocycles. The molecule has 0 spiro atoms. The van der Waals surface area contributed by atoms with Gasteiger partial charge in [0.2, 0.25) is 0 Å². The van der Waals surface area contributed by atoms with Gasteiger partial charge in [-0.3, -0.25) is 0 Å². The van der Waals surface area contributed by atoms with Crippen LogP contribution in [0.15, 0.2) is 36.8 Å². The van der Waals surface area contributed by atoms with Crippen LogP contribution in [0.2, 0.25) is 0 Å². The van der Waals surface area contributed by atoms with Gasteiger partial charge in [0.25, 0.3) is 0 Å². The first-order valence-corrected chi connectivity index (χ1v) is 6.69. The standard InChI is InChI=1S/C15H16N4/c16-10-5-6-19-9-18-15(14(19)7-10)12-8-17-13-4-2-1-3-11(12)13/h1-4,8-10,17H,5-7,16H2. The molecule has 1 aliphatic heterocycles. The number of nitrogens with two attached hydrogens (primary N) is 1. The van der Waals surface area contributed by atoms with Crippen LogP contribution in [-0.4, -0.2) is 20.6 Å². The lowest BCUT2D eigenvalue weighted by molar-refractivity contribution is 0.472. The van der Waals surface area contributed by atoms with E-state index in [9.17, 15) is 0 Å². The molecule has 1 aliphatic rings. The monoisotopic (exact) mass is 252 g/mol. The topological polar surface area (TPSA) is 59.6 Å². The number of benzene rings is 1. The Kier molecular flexibility index (Phi) is 2.26. The lowest BCUT2D eigenvalue weighted by Gasteiger charge is -2.21. The number of aromatic nitrogens is 3. The van der Waals surface area contributed by atoms with Crippen LogP contribution in [0, 0.1) is 0 Å². The quantitative estimate of drug-likeness (QED) is 0.698.